The van der Waals surface area contributed by atoms with E-state index in [1.165, 1.54) is 18.4 Å². The van der Waals surface area contributed by atoms with Gasteiger partial charge in [0, 0.05) is 30.0 Å². The van der Waals surface area contributed by atoms with Crippen LogP contribution in [0.2, 0.25) is 0 Å². The summed E-state index contributed by atoms with van der Waals surface area (Å²) in [7, 11) is 0. The van der Waals surface area contributed by atoms with E-state index in [-0.39, 0.29) is 24.8 Å². The first-order chi connectivity index (χ1) is 14.7. The Hall–Kier alpha value is -1.50. The summed E-state index contributed by atoms with van der Waals surface area (Å²) in [5, 5.41) is 1.00. The van der Waals surface area contributed by atoms with Crippen LogP contribution in [0, 0.1) is 0 Å². The number of hydrogen-bond donors (Lipinski definition) is 1. The van der Waals surface area contributed by atoms with Gasteiger partial charge in [0.25, 0.3) is 0 Å². The standard InChI is InChI=1S/C25H31N3OS.2ClH/c1-19-17-28(18-20(2)29-19)15-9-10-16-30-25-26-23(21-11-5-3-6-12-21)24(27-25)22-13-7-4-8-14-22;;/h3-8,11-14,19-20H,9-10,15-18H2,1-2H3,(H,26,27);2*1H/t19-,20-;;/m0../s1. The molecule has 0 bridgehead atoms. The van der Waals surface area contributed by atoms with Gasteiger partial charge < -0.3 is 9.72 Å². The van der Waals surface area contributed by atoms with Gasteiger partial charge in [0.1, 0.15) is 0 Å². The first kappa shape index (κ1) is 26.7. The lowest BCUT2D eigenvalue weighted by molar-refractivity contribution is -0.0680. The highest BCUT2D eigenvalue weighted by atomic mass is 35.5. The minimum atomic E-state index is 0. The summed E-state index contributed by atoms with van der Waals surface area (Å²) in [5.74, 6) is 1.07. The number of aromatic amines is 1. The maximum atomic E-state index is 5.83. The SMILES string of the molecule is C[C@H]1CN(CCCCSc2nc(-c3ccccc3)c(-c3ccccc3)[nH]2)C[C@H](C)O1.Cl.Cl. The summed E-state index contributed by atoms with van der Waals surface area (Å²) >= 11 is 1.82. The van der Waals surface area contributed by atoms with Crippen molar-refractivity contribution in [3.8, 4) is 22.5 Å². The zero-order chi connectivity index (χ0) is 20.8. The first-order valence-electron chi connectivity index (χ1n) is 10.9. The maximum absolute atomic E-state index is 5.83. The zero-order valence-corrected chi connectivity index (χ0v) is 21.1. The summed E-state index contributed by atoms with van der Waals surface area (Å²) in [6, 6.07) is 20.9. The number of nitrogens with one attached hydrogen (secondary N) is 1. The third-order valence-electron chi connectivity index (χ3n) is 5.39. The minimum Gasteiger partial charge on any atom is -0.373 e. The number of halogens is 2. The fraction of sp³-hybridized carbons (Fsp3) is 0.400. The average molecular weight is 495 g/mol. The van der Waals surface area contributed by atoms with E-state index in [9.17, 15) is 0 Å². The molecule has 1 aliphatic rings. The summed E-state index contributed by atoms with van der Waals surface area (Å²) < 4.78 is 5.83. The van der Waals surface area contributed by atoms with Gasteiger partial charge in [0.15, 0.2) is 5.16 Å². The molecule has 0 saturated carbocycles. The molecule has 0 amide bonds. The van der Waals surface area contributed by atoms with Crippen molar-refractivity contribution in [3.63, 3.8) is 0 Å². The molecule has 4 rings (SSSR count). The molecule has 0 spiro atoms. The van der Waals surface area contributed by atoms with E-state index < -0.39 is 0 Å². The van der Waals surface area contributed by atoms with Gasteiger partial charge >= 0.3 is 0 Å². The number of rotatable bonds is 8. The number of unbranched alkanes of at least 4 members (excludes halogenated alkanes) is 1. The predicted octanol–water partition coefficient (Wildman–Crippen LogP) is 6.57. The van der Waals surface area contributed by atoms with Crippen LogP contribution in [0.4, 0.5) is 0 Å². The predicted molar refractivity (Wildman–Crippen MR) is 140 cm³/mol. The normalized spacial score (nSPS) is 18.6. The highest BCUT2D eigenvalue weighted by molar-refractivity contribution is 7.99. The molecule has 1 aromatic heterocycles. The van der Waals surface area contributed by atoms with E-state index in [0.717, 1.165) is 47.5 Å². The fourth-order valence-electron chi connectivity index (χ4n) is 4.11. The van der Waals surface area contributed by atoms with Crippen molar-refractivity contribution in [1.82, 2.24) is 14.9 Å². The molecule has 7 heteroatoms. The van der Waals surface area contributed by atoms with Gasteiger partial charge in [-0.2, -0.15) is 0 Å². The Kier molecular flexibility index (Phi) is 11.1. The van der Waals surface area contributed by atoms with Crippen molar-refractivity contribution in [2.24, 2.45) is 0 Å². The van der Waals surface area contributed by atoms with Crippen molar-refractivity contribution in [2.45, 2.75) is 44.1 Å². The van der Waals surface area contributed by atoms with Gasteiger partial charge in [-0.15, -0.1) is 24.8 Å². The van der Waals surface area contributed by atoms with Crippen LogP contribution in [-0.2, 0) is 4.74 Å². The van der Waals surface area contributed by atoms with Gasteiger partial charge in [-0.25, -0.2) is 4.98 Å². The highest BCUT2D eigenvalue weighted by Gasteiger charge is 2.21. The summed E-state index contributed by atoms with van der Waals surface area (Å²) in [4.78, 5) is 11.1. The van der Waals surface area contributed by atoms with E-state index in [1.54, 1.807) is 0 Å². The summed E-state index contributed by atoms with van der Waals surface area (Å²) in [6.07, 6.45) is 3.09. The van der Waals surface area contributed by atoms with Crippen LogP contribution in [0.1, 0.15) is 26.7 Å². The molecular weight excluding hydrogens is 461 g/mol. The van der Waals surface area contributed by atoms with Crippen LogP contribution >= 0.6 is 36.6 Å². The zero-order valence-electron chi connectivity index (χ0n) is 18.7. The van der Waals surface area contributed by atoms with E-state index in [1.807, 2.05) is 23.9 Å². The Bertz CT molecular complexity index is 856. The maximum Gasteiger partial charge on any atom is 0.166 e. The van der Waals surface area contributed by atoms with E-state index in [2.05, 4.69) is 72.3 Å². The lowest BCUT2D eigenvalue weighted by Gasteiger charge is -2.35. The average Bonchev–Trinajstić information content (AvgIpc) is 3.18. The number of imidazole rings is 1. The Balaban J connectivity index is 0.00000181. The second-order valence-electron chi connectivity index (χ2n) is 8.07. The number of ether oxygens (including phenoxy) is 1. The Morgan fingerprint density at radius 3 is 2.12 bits per heavy atom. The molecule has 174 valence electrons. The largest absolute Gasteiger partial charge is 0.373 e. The van der Waals surface area contributed by atoms with Gasteiger partial charge in [-0.1, -0.05) is 72.4 Å². The third kappa shape index (κ3) is 7.26. The third-order valence-corrected chi connectivity index (χ3v) is 6.35. The molecule has 0 radical (unpaired) electrons. The van der Waals surface area contributed by atoms with Gasteiger partial charge in [0.2, 0.25) is 0 Å². The smallest absolute Gasteiger partial charge is 0.166 e. The number of aromatic nitrogens is 2. The number of benzene rings is 2. The number of H-pyrrole nitrogens is 1. The molecule has 0 unspecified atom stereocenters. The van der Waals surface area contributed by atoms with Gasteiger partial charge in [-0.3, -0.25) is 4.90 Å². The molecule has 0 aliphatic carbocycles. The number of hydrogen-bond acceptors (Lipinski definition) is 4. The van der Waals surface area contributed by atoms with Crippen molar-refractivity contribution in [1.29, 1.82) is 0 Å². The molecule has 1 N–H and O–H groups in total. The van der Waals surface area contributed by atoms with Crippen LogP contribution in [0.3, 0.4) is 0 Å². The van der Waals surface area contributed by atoms with E-state index >= 15 is 0 Å². The van der Waals surface area contributed by atoms with Crippen LogP contribution in [0.5, 0.6) is 0 Å². The Morgan fingerprint density at radius 2 is 1.50 bits per heavy atom. The van der Waals surface area contributed by atoms with E-state index in [4.69, 9.17) is 9.72 Å². The van der Waals surface area contributed by atoms with Crippen LogP contribution in [0.25, 0.3) is 22.5 Å². The molecule has 3 aromatic rings. The van der Waals surface area contributed by atoms with Crippen LogP contribution < -0.4 is 0 Å². The topological polar surface area (TPSA) is 41.2 Å². The number of thioether (sulfide) groups is 1. The second-order valence-corrected chi connectivity index (χ2v) is 9.15. The van der Waals surface area contributed by atoms with Crippen molar-refractivity contribution in [3.05, 3.63) is 60.7 Å². The molecular formula is C25H33Cl2N3OS. The Morgan fingerprint density at radius 1 is 0.906 bits per heavy atom. The monoisotopic (exact) mass is 493 g/mol. The molecule has 1 fully saturated rings. The second kappa shape index (κ2) is 13.3. The molecule has 2 aromatic carbocycles. The van der Waals surface area contributed by atoms with Crippen LogP contribution in [-0.4, -0.2) is 52.5 Å². The molecule has 4 nitrogen and oxygen atoms in total. The summed E-state index contributed by atoms with van der Waals surface area (Å²) in [6.45, 7) is 7.60. The minimum absolute atomic E-state index is 0. The van der Waals surface area contributed by atoms with Crippen LogP contribution in [0.15, 0.2) is 65.8 Å². The van der Waals surface area contributed by atoms with Gasteiger partial charge in [0.05, 0.1) is 23.6 Å². The molecule has 2 heterocycles. The van der Waals surface area contributed by atoms with E-state index in [0.29, 0.717) is 12.2 Å². The highest BCUT2D eigenvalue weighted by Crippen LogP contribution is 2.32. The van der Waals surface area contributed by atoms with Crippen molar-refractivity contribution >= 4 is 36.6 Å². The fourth-order valence-corrected chi connectivity index (χ4v) is 4.98. The lowest BCUT2D eigenvalue weighted by atomic mass is 10.1. The molecule has 32 heavy (non-hydrogen) atoms. The molecule has 1 saturated heterocycles. The lowest BCUT2D eigenvalue weighted by Crippen LogP contribution is -2.45. The molecule has 1 aliphatic heterocycles. The van der Waals surface area contributed by atoms with Crippen molar-refractivity contribution < 1.29 is 4.74 Å². The molecule has 2 atom stereocenters. The quantitative estimate of drug-likeness (QED) is 0.284. The number of nitrogens with zero attached hydrogens (tertiary/aromatic N) is 2. The van der Waals surface area contributed by atoms with Crippen molar-refractivity contribution in [2.75, 3.05) is 25.4 Å². The summed E-state index contributed by atoms with van der Waals surface area (Å²) in [5.41, 5.74) is 4.45. The number of morpholine rings is 1. The Labute approximate surface area is 208 Å². The first-order valence-corrected chi connectivity index (χ1v) is 11.9. The van der Waals surface area contributed by atoms with Gasteiger partial charge in [-0.05, 0) is 33.2 Å².